The zero-order valence-corrected chi connectivity index (χ0v) is 21.3. The summed E-state index contributed by atoms with van der Waals surface area (Å²) in [5, 5.41) is 1.11. The minimum atomic E-state index is -0.785. The van der Waals surface area contributed by atoms with E-state index in [4.69, 9.17) is 0 Å². The second-order valence-corrected chi connectivity index (χ2v) is 11.0. The molecule has 1 unspecified atom stereocenters. The van der Waals surface area contributed by atoms with Gasteiger partial charge in [-0.15, -0.1) is 0 Å². The number of amides is 3. The molecule has 1 aliphatic rings. The van der Waals surface area contributed by atoms with Crippen LogP contribution >= 0.6 is 0 Å². The highest BCUT2D eigenvalue weighted by molar-refractivity contribution is 6.23. The van der Waals surface area contributed by atoms with E-state index in [9.17, 15) is 14.4 Å². The molecule has 1 aliphatic heterocycles. The monoisotopic (exact) mass is 473 g/mol. The summed E-state index contributed by atoms with van der Waals surface area (Å²) in [5.41, 5.74) is 3.61. The van der Waals surface area contributed by atoms with Crippen LogP contribution in [0, 0.1) is 5.41 Å². The van der Waals surface area contributed by atoms with Gasteiger partial charge in [-0.3, -0.25) is 14.4 Å². The summed E-state index contributed by atoms with van der Waals surface area (Å²) in [4.78, 5) is 46.1. The van der Waals surface area contributed by atoms with Crippen molar-refractivity contribution in [3.8, 4) is 0 Å². The van der Waals surface area contributed by atoms with Gasteiger partial charge >= 0.3 is 0 Å². The predicted octanol–water partition coefficient (Wildman–Crippen LogP) is 5.43. The third-order valence-electron chi connectivity index (χ3n) is 6.62. The first-order chi connectivity index (χ1) is 16.5. The van der Waals surface area contributed by atoms with Crippen LogP contribution in [-0.2, 0) is 20.8 Å². The highest BCUT2D eigenvalue weighted by Crippen LogP contribution is 2.30. The van der Waals surface area contributed by atoms with Gasteiger partial charge in [0.1, 0.15) is 6.04 Å². The number of para-hydroxylation sites is 1. The molecule has 2 heterocycles. The molecular formula is C29H35N3O3. The summed E-state index contributed by atoms with van der Waals surface area (Å²) >= 11 is 0. The van der Waals surface area contributed by atoms with Crippen molar-refractivity contribution >= 4 is 34.3 Å². The Morgan fingerprint density at radius 2 is 1.77 bits per heavy atom. The number of carbonyl (C=O) groups excluding carboxylic acids is 3. The van der Waals surface area contributed by atoms with Crippen molar-refractivity contribution in [2.45, 2.75) is 65.8 Å². The predicted molar refractivity (Wildman–Crippen MR) is 139 cm³/mol. The third-order valence-corrected chi connectivity index (χ3v) is 6.62. The summed E-state index contributed by atoms with van der Waals surface area (Å²) in [6.45, 7) is 10.6. The van der Waals surface area contributed by atoms with E-state index in [1.165, 1.54) is 4.90 Å². The molecule has 0 aliphatic carbocycles. The molecule has 35 heavy (non-hydrogen) atoms. The molecular weight excluding hydrogens is 438 g/mol. The van der Waals surface area contributed by atoms with Gasteiger partial charge in [0.05, 0.1) is 12.1 Å². The molecule has 1 aromatic heterocycles. The van der Waals surface area contributed by atoms with Gasteiger partial charge < -0.3 is 9.88 Å². The SMILES string of the molecule is CC(C)c1ccc(N2C(=O)CC(N(CCc3c[nH]c4ccccc34)C(=O)CC(C)(C)C)C2=O)cc1. The molecule has 2 aromatic carbocycles. The number of carbonyl (C=O) groups is 3. The molecule has 3 aromatic rings. The molecule has 0 radical (unpaired) electrons. The Labute approximate surface area is 207 Å². The summed E-state index contributed by atoms with van der Waals surface area (Å²) in [6, 6.07) is 14.8. The largest absolute Gasteiger partial charge is 0.361 e. The van der Waals surface area contributed by atoms with E-state index in [1.54, 1.807) is 4.90 Å². The van der Waals surface area contributed by atoms with Gasteiger partial charge in [0.15, 0.2) is 0 Å². The van der Waals surface area contributed by atoms with Crippen LogP contribution in [0.3, 0.4) is 0 Å². The van der Waals surface area contributed by atoms with E-state index < -0.39 is 6.04 Å². The molecule has 1 N–H and O–H groups in total. The lowest BCUT2D eigenvalue weighted by Gasteiger charge is -2.30. The Bertz CT molecular complexity index is 1230. The van der Waals surface area contributed by atoms with Gasteiger partial charge in [-0.25, -0.2) is 4.90 Å². The fourth-order valence-corrected chi connectivity index (χ4v) is 4.73. The molecule has 0 bridgehead atoms. The Kier molecular flexibility index (Phi) is 6.84. The van der Waals surface area contributed by atoms with Crippen molar-refractivity contribution in [1.29, 1.82) is 0 Å². The van der Waals surface area contributed by atoms with Crippen LogP contribution in [0.5, 0.6) is 0 Å². The average Bonchev–Trinajstić information content (AvgIpc) is 3.33. The first-order valence-electron chi connectivity index (χ1n) is 12.4. The number of benzene rings is 2. The lowest BCUT2D eigenvalue weighted by molar-refractivity contribution is -0.139. The molecule has 6 heteroatoms. The summed E-state index contributed by atoms with van der Waals surface area (Å²) in [5.74, 6) is -0.330. The summed E-state index contributed by atoms with van der Waals surface area (Å²) in [7, 11) is 0. The van der Waals surface area contributed by atoms with Gasteiger partial charge in [0.25, 0.3) is 5.91 Å². The van der Waals surface area contributed by atoms with Crippen LogP contribution in [0.25, 0.3) is 10.9 Å². The number of rotatable bonds is 7. The molecule has 0 saturated carbocycles. The van der Waals surface area contributed by atoms with Gasteiger partial charge in [-0.2, -0.15) is 0 Å². The molecule has 184 valence electrons. The number of nitrogens with zero attached hydrogens (tertiary/aromatic N) is 2. The van der Waals surface area contributed by atoms with Crippen LogP contribution in [-0.4, -0.2) is 40.2 Å². The first-order valence-corrected chi connectivity index (χ1v) is 12.4. The zero-order valence-electron chi connectivity index (χ0n) is 21.3. The molecule has 1 fully saturated rings. The number of fused-ring (bicyclic) bond motifs is 1. The van der Waals surface area contributed by atoms with Crippen LogP contribution in [0.4, 0.5) is 5.69 Å². The number of aromatic amines is 1. The highest BCUT2D eigenvalue weighted by Gasteiger charge is 2.44. The van der Waals surface area contributed by atoms with E-state index >= 15 is 0 Å². The van der Waals surface area contributed by atoms with Gasteiger partial charge in [-0.05, 0) is 47.1 Å². The lowest BCUT2D eigenvalue weighted by Crippen LogP contribution is -2.47. The maximum atomic E-state index is 13.5. The summed E-state index contributed by atoms with van der Waals surface area (Å²) < 4.78 is 0. The van der Waals surface area contributed by atoms with E-state index in [0.717, 1.165) is 22.0 Å². The Morgan fingerprint density at radius 3 is 2.43 bits per heavy atom. The Morgan fingerprint density at radius 1 is 1.09 bits per heavy atom. The van der Waals surface area contributed by atoms with Gasteiger partial charge in [-0.1, -0.05) is 65.0 Å². The van der Waals surface area contributed by atoms with Crippen LogP contribution in [0.1, 0.15) is 64.5 Å². The van der Waals surface area contributed by atoms with Crippen molar-refractivity contribution in [2.75, 3.05) is 11.4 Å². The lowest BCUT2D eigenvalue weighted by atomic mass is 9.91. The normalized spacial score (nSPS) is 16.5. The molecule has 1 atom stereocenters. The number of nitrogens with one attached hydrogen (secondary N) is 1. The second-order valence-electron chi connectivity index (χ2n) is 11.0. The fourth-order valence-electron chi connectivity index (χ4n) is 4.73. The van der Waals surface area contributed by atoms with E-state index in [2.05, 4.69) is 24.9 Å². The molecule has 3 amide bonds. The third kappa shape index (κ3) is 5.31. The smallest absolute Gasteiger partial charge is 0.257 e. The van der Waals surface area contributed by atoms with Crippen LogP contribution in [0.15, 0.2) is 54.7 Å². The van der Waals surface area contributed by atoms with Crippen molar-refractivity contribution in [1.82, 2.24) is 9.88 Å². The van der Waals surface area contributed by atoms with Crippen molar-refractivity contribution in [2.24, 2.45) is 5.41 Å². The van der Waals surface area contributed by atoms with E-state index in [-0.39, 0.29) is 29.6 Å². The number of aromatic nitrogens is 1. The molecule has 6 nitrogen and oxygen atoms in total. The van der Waals surface area contributed by atoms with E-state index in [1.807, 2.05) is 69.4 Å². The van der Waals surface area contributed by atoms with E-state index in [0.29, 0.717) is 31.0 Å². The van der Waals surface area contributed by atoms with Crippen LogP contribution < -0.4 is 4.90 Å². The zero-order chi connectivity index (χ0) is 25.3. The fraction of sp³-hybridized carbons (Fsp3) is 0.414. The molecule has 1 saturated heterocycles. The molecule has 0 spiro atoms. The topological polar surface area (TPSA) is 73.5 Å². The standard InChI is InChI=1S/C29H35N3O3/c1-19(2)20-10-12-22(13-11-20)32-26(33)16-25(28(32)35)31(27(34)17-29(3,4)5)15-14-21-18-30-24-9-7-6-8-23(21)24/h6-13,18-19,25,30H,14-17H2,1-5H3. The number of H-pyrrole nitrogens is 1. The van der Waals surface area contributed by atoms with Crippen molar-refractivity contribution < 1.29 is 14.4 Å². The maximum absolute atomic E-state index is 13.5. The Balaban J connectivity index is 1.59. The maximum Gasteiger partial charge on any atom is 0.257 e. The molecule has 4 rings (SSSR count). The van der Waals surface area contributed by atoms with Gasteiger partial charge in [0, 0.05) is 30.1 Å². The minimum Gasteiger partial charge on any atom is -0.361 e. The Hall–Kier alpha value is -3.41. The second kappa shape index (κ2) is 9.68. The average molecular weight is 474 g/mol. The van der Waals surface area contributed by atoms with Gasteiger partial charge in [0.2, 0.25) is 11.8 Å². The quantitative estimate of drug-likeness (QED) is 0.465. The number of hydrogen-bond donors (Lipinski definition) is 1. The summed E-state index contributed by atoms with van der Waals surface area (Å²) in [6.07, 6.45) is 2.87. The highest BCUT2D eigenvalue weighted by atomic mass is 16.2. The number of hydrogen-bond acceptors (Lipinski definition) is 3. The number of anilines is 1. The number of imide groups is 1. The van der Waals surface area contributed by atoms with Crippen molar-refractivity contribution in [3.05, 3.63) is 65.9 Å². The van der Waals surface area contributed by atoms with Crippen LogP contribution in [0.2, 0.25) is 0 Å². The first kappa shape index (κ1) is 24.7. The van der Waals surface area contributed by atoms with Crippen molar-refractivity contribution in [3.63, 3.8) is 0 Å². The minimum absolute atomic E-state index is 0.00847.